The minimum atomic E-state index is -2.30. The zero-order valence-electron chi connectivity index (χ0n) is 16.4. The van der Waals surface area contributed by atoms with Crippen LogP contribution in [0.3, 0.4) is 0 Å². The van der Waals surface area contributed by atoms with Gasteiger partial charge in [-0.2, -0.15) is 0 Å². The molecule has 0 aliphatic carbocycles. The molecule has 0 spiro atoms. The van der Waals surface area contributed by atoms with Crippen LogP contribution in [0.4, 0.5) is 10.5 Å². The lowest BCUT2D eigenvalue weighted by Gasteiger charge is -2.28. The van der Waals surface area contributed by atoms with Gasteiger partial charge in [0.05, 0.1) is 5.56 Å². The van der Waals surface area contributed by atoms with Crippen molar-refractivity contribution < 1.29 is 19.2 Å². The number of hydrogen-bond acceptors (Lipinski definition) is 5. The summed E-state index contributed by atoms with van der Waals surface area (Å²) >= 11 is 16.3. The number of nitrogens with one attached hydrogen (secondary N) is 2. The lowest BCUT2D eigenvalue weighted by atomic mass is 9.93. The highest BCUT2D eigenvalue weighted by Gasteiger charge is 2.34. The van der Waals surface area contributed by atoms with Gasteiger partial charge in [-0.25, -0.2) is 4.79 Å². The van der Waals surface area contributed by atoms with E-state index in [4.69, 9.17) is 34.8 Å². The molecule has 0 saturated carbocycles. The summed E-state index contributed by atoms with van der Waals surface area (Å²) in [6.45, 7) is 0.721. The molecule has 0 atom stereocenters. The summed E-state index contributed by atoms with van der Waals surface area (Å²) in [5.74, 6) is -1.95. The first-order valence-electron chi connectivity index (χ1n) is 8.76. The van der Waals surface area contributed by atoms with Crippen molar-refractivity contribution in [1.82, 2.24) is 15.1 Å². The maximum Gasteiger partial charge on any atom is 0.326 e. The van der Waals surface area contributed by atoms with E-state index in [-0.39, 0.29) is 36.1 Å². The number of amides is 5. The number of alkyl halides is 3. The van der Waals surface area contributed by atoms with Crippen molar-refractivity contribution in [3.8, 4) is 0 Å². The number of benzene rings is 2. The predicted octanol–water partition coefficient (Wildman–Crippen LogP) is 3.44. The summed E-state index contributed by atoms with van der Waals surface area (Å²) < 4.78 is -2.30. The number of nitrogens with zero attached hydrogens (tertiary/aromatic N) is 2. The third kappa shape index (κ3) is 5.39. The second-order valence-corrected chi connectivity index (χ2v) is 9.18. The fraction of sp³-hybridized carbons (Fsp3) is 0.263. The molecule has 1 aliphatic heterocycles. The van der Waals surface area contributed by atoms with Crippen LogP contribution in [0.25, 0.3) is 10.8 Å². The van der Waals surface area contributed by atoms with E-state index < -0.39 is 21.6 Å². The summed E-state index contributed by atoms with van der Waals surface area (Å²) in [5, 5.41) is 5.44. The minimum Gasteiger partial charge on any atom is -0.308 e. The average Bonchev–Trinajstić information content (AvgIpc) is 2.64. The Hall–Kier alpha value is -2.10. The normalized spacial score (nSPS) is 13.3. The molecule has 31 heavy (non-hydrogen) atoms. The monoisotopic (exact) mass is 506 g/mol. The minimum absolute atomic E-state index is 0. The van der Waals surface area contributed by atoms with Crippen LogP contribution in [-0.2, 0) is 4.79 Å². The van der Waals surface area contributed by atoms with Gasteiger partial charge in [-0.3, -0.25) is 24.6 Å². The Morgan fingerprint density at radius 1 is 1.06 bits per heavy atom. The Bertz CT molecular complexity index is 1070. The Labute approximate surface area is 199 Å². The molecule has 2 N–H and O–H groups in total. The van der Waals surface area contributed by atoms with Gasteiger partial charge < -0.3 is 10.2 Å². The van der Waals surface area contributed by atoms with Gasteiger partial charge in [0.1, 0.15) is 0 Å². The molecule has 0 radical (unpaired) electrons. The van der Waals surface area contributed by atoms with Crippen LogP contribution in [0.5, 0.6) is 0 Å². The molecule has 3 rings (SSSR count). The number of urea groups is 1. The van der Waals surface area contributed by atoms with Crippen LogP contribution in [0.1, 0.15) is 20.7 Å². The van der Waals surface area contributed by atoms with E-state index in [1.54, 1.807) is 24.3 Å². The fourth-order valence-electron chi connectivity index (χ4n) is 3.07. The van der Waals surface area contributed by atoms with Gasteiger partial charge in [0.2, 0.25) is 0 Å². The number of carbonyl (C=O) groups is 4. The van der Waals surface area contributed by atoms with Gasteiger partial charge >= 0.3 is 6.03 Å². The first-order chi connectivity index (χ1) is 14.0. The van der Waals surface area contributed by atoms with Crippen molar-refractivity contribution >= 4 is 87.4 Å². The Kier molecular flexibility index (Phi) is 7.78. The van der Waals surface area contributed by atoms with E-state index in [1.807, 2.05) is 24.3 Å². The molecule has 12 heteroatoms. The maximum atomic E-state index is 13.0. The SMILES string of the molecule is CN(C)CCN1C(=O)c2cccc3cc(NC(=O)NC(=O)C(Cl)(Cl)Cl)cc(c23)C1=O.Cl. The molecule has 1 aliphatic rings. The summed E-state index contributed by atoms with van der Waals surface area (Å²) in [7, 11) is 3.68. The zero-order valence-corrected chi connectivity index (χ0v) is 19.5. The summed E-state index contributed by atoms with van der Waals surface area (Å²) in [5.41, 5.74) is 0.909. The van der Waals surface area contributed by atoms with Gasteiger partial charge in [0.15, 0.2) is 0 Å². The van der Waals surface area contributed by atoms with E-state index in [1.165, 1.54) is 11.0 Å². The topological polar surface area (TPSA) is 98.8 Å². The van der Waals surface area contributed by atoms with Crippen molar-refractivity contribution in [2.75, 3.05) is 32.5 Å². The van der Waals surface area contributed by atoms with Crippen LogP contribution in [-0.4, -0.2) is 64.5 Å². The first kappa shape index (κ1) is 25.2. The highest BCUT2D eigenvalue weighted by molar-refractivity contribution is 6.76. The summed E-state index contributed by atoms with van der Waals surface area (Å²) in [6, 6.07) is 7.16. The second-order valence-electron chi connectivity index (χ2n) is 6.90. The molecular weight excluding hydrogens is 490 g/mol. The fourth-order valence-corrected chi connectivity index (χ4v) is 3.21. The largest absolute Gasteiger partial charge is 0.326 e. The van der Waals surface area contributed by atoms with E-state index >= 15 is 0 Å². The Morgan fingerprint density at radius 2 is 1.71 bits per heavy atom. The van der Waals surface area contributed by atoms with Gasteiger partial charge in [0, 0.05) is 29.7 Å². The third-order valence-electron chi connectivity index (χ3n) is 4.44. The maximum absolute atomic E-state index is 13.0. The molecule has 0 saturated heterocycles. The number of likely N-dealkylation sites (N-methyl/N-ethyl adjacent to an activating group) is 1. The van der Waals surface area contributed by atoms with Gasteiger partial charge in [0.25, 0.3) is 21.5 Å². The first-order valence-corrected chi connectivity index (χ1v) is 9.89. The number of rotatable bonds is 4. The van der Waals surface area contributed by atoms with Gasteiger partial charge in [-0.15, -0.1) is 12.4 Å². The molecule has 5 amide bonds. The summed E-state index contributed by atoms with van der Waals surface area (Å²) in [6.07, 6.45) is 0. The van der Waals surface area contributed by atoms with E-state index in [0.29, 0.717) is 22.9 Å². The molecule has 0 fully saturated rings. The van der Waals surface area contributed by atoms with Crippen molar-refractivity contribution in [2.24, 2.45) is 0 Å². The van der Waals surface area contributed by atoms with Crippen LogP contribution in [0.15, 0.2) is 30.3 Å². The van der Waals surface area contributed by atoms with Gasteiger partial charge in [-0.05, 0) is 37.7 Å². The van der Waals surface area contributed by atoms with Gasteiger partial charge in [-0.1, -0.05) is 46.9 Å². The molecule has 2 aromatic carbocycles. The third-order valence-corrected chi connectivity index (χ3v) is 4.96. The second kappa shape index (κ2) is 9.58. The predicted molar refractivity (Wildman–Crippen MR) is 123 cm³/mol. The number of anilines is 1. The van der Waals surface area contributed by atoms with E-state index in [2.05, 4.69) is 5.32 Å². The number of hydrogen-bond donors (Lipinski definition) is 2. The van der Waals surface area contributed by atoms with Crippen molar-refractivity contribution in [2.45, 2.75) is 3.79 Å². The van der Waals surface area contributed by atoms with Crippen LogP contribution < -0.4 is 10.6 Å². The smallest absolute Gasteiger partial charge is 0.308 e. The molecule has 8 nitrogen and oxygen atoms in total. The van der Waals surface area contributed by atoms with E-state index in [9.17, 15) is 19.2 Å². The molecule has 166 valence electrons. The molecule has 1 heterocycles. The Balaban J connectivity index is 0.00000341. The number of halogens is 4. The number of imide groups is 2. The van der Waals surface area contributed by atoms with Crippen molar-refractivity contribution in [3.63, 3.8) is 0 Å². The van der Waals surface area contributed by atoms with Crippen molar-refractivity contribution in [3.05, 3.63) is 41.5 Å². The lowest BCUT2D eigenvalue weighted by molar-refractivity contribution is -0.119. The molecular formula is C19H18Cl4N4O4. The van der Waals surface area contributed by atoms with Crippen LogP contribution in [0.2, 0.25) is 0 Å². The standard InChI is InChI=1S/C19H17Cl3N4O4.ClH/c1-25(2)6-7-26-15(27)12-5-3-4-10-8-11(9-13(14(10)12)16(26)28)23-18(30)24-17(29)19(20,21)22;/h3-5,8-9H,6-7H2,1-2H3,(H2,23,24,29,30);1H. The van der Waals surface area contributed by atoms with Crippen LogP contribution >= 0.6 is 47.2 Å². The Morgan fingerprint density at radius 3 is 2.32 bits per heavy atom. The molecule has 2 aromatic rings. The van der Waals surface area contributed by atoms with Crippen molar-refractivity contribution in [1.29, 1.82) is 0 Å². The zero-order chi connectivity index (χ0) is 22.2. The molecule has 0 bridgehead atoms. The average molecular weight is 508 g/mol. The highest BCUT2D eigenvalue weighted by atomic mass is 35.6. The summed E-state index contributed by atoms with van der Waals surface area (Å²) in [4.78, 5) is 52.6. The lowest BCUT2D eigenvalue weighted by Crippen LogP contribution is -2.43. The highest BCUT2D eigenvalue weighted by Crippen LogP contribution is 2.33. The van der Waals surface area contributed by atoms with Crippen LogP contribution in [0, 0.1) is 0 Å². The molecule has 0 unspecified atom stereocenters. The van der Waals surface area contributed by atoms with E-state index in [0.717, 1.165) is 0 Å². The number of carbonyl (C=O) groups excluding carboxylic acids is 4. The quantitative estimate of drug-likeness (QED) is 0.488. The molecule has 0 aromatic heterocycles.